The van der Waals surface area contributed by atoms with Gasteiger partial charge in [-0.25, -0.2) is 4.39 Å². The van der Waals surface area contributed by atoms with E-state index in [9.17, 15) is 14.0 Å². The number of benzene rings is 1. The van der Waals surface area contributed by atoms with Crippen LogP contribution in [0.4, 0.5) is 4.39 Å². The largest absolute Gasteiger partial charge is 0.491 e. The van der Waals surface area contributed by atoms with Crippen molar-refractivity contribution in [2.45, 2.75) is 57.8 Å². The van der Waals surface area contributed by atoms with Crippen LogP contribution in [0.25, 0.3) is 0 Å². The zero-order chi connectivity index (χ0) is 21.8. The van der Waals surface area contributed by atoms with Gasteiger partial charge in [0, 0.05) is 17.4 Å². The first-order valence-corrected chi connectivity index (χ1v) is 12.0. The van der Waals surface area contributed by atoms with Crippen LogP contribution in [0.3, 0.4) is 0 Å². The van der Waals surface area contributed by atoms with Crippen molar-refractivity contribution in [3.05, 3.63) is 28.5 Å². The van der Waals surface area contributed by atoms with Crippen molar-refractivity contribution >= 4 is 23.4 Å². The topological polar surface area (TPSA) is 52.6 Å². The Bertz CT molecular complexity index is 862. The number of rotatable bonds is 6. The maximum absolute atomic E-state index is 15.0. The van der Waals surface area contributed by atoms with Gasteiger partial charge in [-0.15, -0.1) is 0 Å². The monoisotopic (exact) mass is 448 g/mol. The summed E-state index contributed by atoms with van der Waals surface area (Å²) in [5.74, 6) is 0.272. The number of ether oxygens (including phenoxy) is 2. The van der Waals surface area contributed by atoms with Crippen LogP contribution >= 0.6 is 11.6 Å². The number of methoxy groups -OCH3 is 1. The fourth-order valence-electron chi connectivity index (χ4n) is 7.43. The highest BCUT2D eigenvalue weighted by molar-refractivity contribution is 6.32. The van der Waals surface area contributed by atoms with Gasteiger partial charge in [0.05, 0.1) is 30.2 Å². The molecule has 0 spiro atoms. The highest BCUT2D eigenvalue weighted by Crippen LogP contribution is 2.60. The van der Waals surface area contributed by atoms with Crippen LogP contribution in [0.15, 0.2) is 12.1 Å². The lowest BCUT2D eigenvalue weighted by atomic mass is 9.50. The van der Waals surface area contributed by atoms with Crippen LogP contribution in [0.2, 0.25) is 5.02 Å². The molecular weight excluding hydrogens is 419 g/mol. The van der Waals surface area contributed by atoms with Gasteiger partial charge >= 0.3 is 5.97 Å². The minimum atomic E-state index is -0.634. The molecule has 31 heavy (non-hydrogen) atoms. The SMILES string of the molecule is COC(=O)[C@@H]1CCC[C@H]1C(=O)c1cc(Cl)c(OCC23CC4CC(CC(C4)C2)C3)cc1F. The van der Waals surface area contributed by atoms with Gasteiger partial charge in [-0.2, -0.15) is 0 Å². The van der Waals surface area contributed by atoms with Crippen molar-refractivity contribution < 1.29 is 23.5 Å². The molecule has 2 atom stereocenters. The van der Waals surface area contributed by atoms with E-state index in [1.54, 1.807) is 0 Å². The Morgan fingerprint density at radius 1 is 1.06 bits per heavy atom. The summed E-state index contributed by atoms with van der Waals surface area (Å²) >= 11 is 6.43. The minimum absolute atomic E-state index is 0.0621. The molecule has 5 aliphatic rings. The lowest BCUT2D eigenvalue weighted by Gasteiger charge is -2.56. The third-order valence-corrected chi connectivity index (χ3v) is 8.64. The fraction of sp³-hybridized carbons (Fsp3) is 0.680. The molecule has 5 fully saturated rings. The molecule has 0 aromatic heterocycles. The molecule has 0 unspecified atom stereocenters. The second kappa shape index (κ2) is 8.06. The van der Waals surface area contributed by atoms with Crippen molar-refractivity contribution in [2.75, 3.05) is 13.7 Å². The average Bonchev–Trinajstić information content (AvgIpc) is 3.22. The van der Waals surface area contributed by atoms with Crippen LogP contribution in [0.5, 0.6) is 5.75 Å². The van der Waals surface area contributed by atoms with Crippen LogP contribution in [-0.2, 0) is 9.53 Å². The molecule has 6 heteroatoms. The van der Waals surface area contributed by atoms with Crippen LogP contribution < -0.4 is 4.74 Å². The molecule has 168 valence electrons. The zero-order valence-electron chi connectivity index (χ0n) is 18.0. The van der Waals surface area contributed by atoms with Gasteiger partial charge in [-0.1, -0.05) is 18.0 Å². The number of Topliss-reactive ketones (excluding diaryl/α,β-unsaturated/α-hetero) is 1. The van der Waals surface area contributed by atoms with Crippen molar-refractivity contribution in [1.29, 1.82) is 0 Å². The van der Waals surface area contributed by atoms with Crippen LogP contribution in [0.1, 0.15) is 68.1 Å². The van der Waals surface area contributed by atoms with Crippen LogP contribution in [0, 0.1) is 40.8 Å². The Morgan fingerprint density at radius 2 is 1.68 bits per heavy atom. The molecule has 0 amide bonds. The molecular formula is C25H30ClFO4. The third-order valence-electron chi connectivity index (χ3n) is 8.34. The second-order valence-corrected chi connectivity index (χ2v) is 10.9. The standard InChI is InChI=1S/C25H30ClFO4/c1-30-24(29)18-4-2-3-17(18)23(28)19-8-20(26)22(9-21(19)27)31-13-25-10-14-5-15(11-25)7-16(6-14)12-25/h8-9,14-18H,2-7,10-13H2,1H3/t14?,15?,16?,17-,18-,25?/m1/s1. The van der Waals surface area contributed by atoms with Gasteiger partial charge in [0.15, 0.2) is 5.78 Å². The number of halogens is 2. The molecule has 0 radical (unpaired) electrons. The molecule has 0 N–H and O–H groups in total. The van der Waals surface area contributed by atoms with Crippen molar-refractivity contribution in [3.63, 3.8) is 0 Å². The van der Waals surface area contributed by atoms with Crippen molar-refractivity contribution in [1.82, 2.24) is 0 Å². The maximum Gasteiger partial charge on any atom is 0.309 e. The Hall–Kier alpha value is -1.62. The maximum atomic E-state index is 15.0. The molecule has 6 rings (SSSR count). The van der Waals surface area contributed by atoms with Gasteiger partial charge in [0.1, 0.15) is 11.6 Å². The molecule has 4 bridgehead atoms. The zero-order valence-corrected chi connectivity index (χ0v) is 18.8. The number of carbonyl (C=O) groups excluding carboxylic acids is 2. The summed E-state index contributed by atoms with van der Waals surface area (Å²) in [5, 5.41) is 0.252. The Labute approximate surface area is 187 Å². The molecule has 5 aliphatic carbocycles. The normalized spacial score (nSPS) is 35.9. The van der Waals surface area contributed by atoms with E-state index in [-0.39, 0.29) is 21.8 Å². The highest BCUT2D eigenvalue weighted by atomic mass is 35.5. The van der Waals surface area contributed by atoms with E-state index in [0.717, 1.165) is 24.2 Å². The summed E-state index contributed by atoms with van der Waals surface area (Å²) < 4.78 is 25.9. The molecule has 1 aromatic carbocycles. The summed E-state index contributed by atoms with van der Waals surface area (Å²) in [6.07, 6.45) is 9.57. The Morgan fingerprint density at radius 3 is 2.29 bits per heavy atom. The molecule has 0 saturated heterocycles. The summed E-state index contributed by atoms with van der Waals surface area (Å²) in [4.78, 5) is 25.0. The number of hydrogen-bond donors (Lipinski definition) is 0. The average molecular weight is 449 g/mol. The van der Waals surface area contributed by atoms with Gasteiger partial charge in [0.25, 0.3) is 0 Å². The summed E-state index contributed by atoms with van der Waals surface area (Å²) in [6.45, 7) is 0.565. The first-order chi connectivity index (χ1) is 14.9. The quantitative estimate of drug-likeness (QED) is 0.405. The van der Waals surface area contributed by atoms with Gasteiger partial charge < -0.3 is 9.47 Å². The summed E-state index contributed by atoms with van der Waals surface area (Å²) in [6, 6.07) is 2.62. The number of esters is 1. The first kappa shape index (κ1) is 21.2. The lowest BCUT2D eigenvalue weighted by Crippen LogP contribution is -2.48. The molecule has 4 nitrogen and oxygen atoms in total. The van der Waals surface area contributed by atoms with Crippen molar-refractivity contribution in [2.24, 2.45) is 35.0 Å². The Balaban J connectivity index is 1.31. The van der Waals surface area contributed by atoms with E-state index in [2.05, 4.69) is 0 Å². The minimum Gasteiger partial charge on any atom is -0.491 e. The van der Waals surface area contributed by atoms with Crippen molar-refractivity contribution in [3.8, 4) is 5.75 Å². The van der Waals surface area contributed by atoms with E-state index in [0.29, 0.717) is 25.2 Å². The smallest absolute Gasteiger partial charge is 0.309 e. The second-order valence-electron chi connectivity index (χ2n) is 10.5. The van der Waals surface area contributed by atoms with E-state index in [1.807, 2.05) is 0 Å². The summed E-state index contributed by atoms with van der Waals surface area (Å²) in [7, 11) is 1.32. The van der Waals surface area contributed by atoms with Gasteiger partial charge in [-0.3, -0.25) is 9.59 Å². The van der Waals surface area contributed by atoms with Crippen LogP contribution in [-0.4, -0.2) is 25.5 Å². The number of carbonyl (C=O) groups is 2. The third kappa shape index (κ3) is 3.88. The van der Waals surface area contributed by atoms with E-state index < -0.39 is 23.6 Å². The highest BCUT2D eigenvalue weighted by Gasteiger charge is 2.51. The number of ketones is 1. The molecule has 0 aliphatic heterocycles. The Kier molecular flexibility index (Phi) is 5.52. The summed E-state index contributed by atoms with van der Waals surface area (Å²) in [5.41, 5.74) is 0.133. The van der Waals surface area contributed by atoms with E-state index in [1.165, 1.54) is 57.8 Å². The van der Waals surface area contributed by atoms with E-state index >= 15 is 0 Å². The lowest BCUT2D eigenvalue weighted by molar-refractivity contribution is -0.146. The van der Waals surface area contributed by atoms with Gasteiger partial charge in [-0.05, 0) is 75.2 Å². The predicted octanol–water partition coefficient (Wildman–Crippen LogP) is 5.85. The molecule has 5 saturated carbocycles. The fourth-order valence-corrected chi connectivity index (χ4v) is 7.65. The van der Waals surface area contributed by atoms with Gasteiger partial charge in [0.2, 0.25) is 0 Å². The molecule has 0 heterocycles. The predicted molar refractivity (Wildman–Crippen MR) is 115 cm³/mol. The molecule has 1 aromatic rings. The number of hydrogen-bond acceptors (Lipinski definition) is 4. The van der Waals surface area contributed by atoms with E-state index in [4.69, 9.17) is 21.1 Å². The first-order valence-electron chi connectivity index (χ1n) is 11.6.